The zero-order valence-electron chi connectivity index (χ0n) is 27.3. The maximum Gasteiger partial charge on any atom is 2.00 e. The Morgan fingerprint density at radius 2 is 0.731 bits per heavy atom. The molecule has 0 aliphatic carbocycles. The monoisotopic (exact) mass is 748 g/mol. The van der Waals surface area contributed by atoms with Crippen LogP contribution >= 0.6 is 0 Å². The van der Waals surface area contributed by atoms with Crippen LogP contribution in [0.5, 0.6) is 0 Å². The van der Waals surface area contributed by atoms with Gasteiger partial charge in [0, 0.05) is 51.1 Å². The van der Waals surface area contributed by atoms with Crippen molar-refractivity contribution in [1.29, 1.82) is 0 Å². The van der Waals surface area contributed by atoms with E-state index in [0.717, 1.165) is 50.1 Å². The van der Waals surface area contributed by atoms with Crippen LogP contribution in [0.3, 0.4) is 0 Å². The molecule has 10 rings (SSSR count). The van der Waals surface area contributed by atoms with Crippen molar-refractivity contribution in [3.8, 4) is 45.6 Å². The number of aromatic nitrogens is 8. The Labute approximate surface area is 307 Å². The summed E-state index contributed by atoms with van der Waals surface area (Å²) < 4.78 is 20.6. The molecule has 11 nitrogen and oxygen atoms in total. The van der Waals surface area contributed by atoms with Crippen molar-refractivity contribution in [3.05, 3.63) is 127 Å². The van der Waals surface area contributed by atoms with E-state index in [1.807, 2.05) is 97.1 Å². The van der Waals surface area contributed by atoms with Crippen LogP contribution in [-0.4, -0.2) is 44.9 Å². The van der Waals surface area contributed by atoms with Gasteiger partial charge in [-0.05, 0) is 33.7 Å². The molecule has 8 bridgehead atoms. The summed E-state index contributed by atoms with van der Waals surface area (Å²) in [7, 11) is -4.01. The minimum absolute atomic E-state index is 0. The molecule has 0 spiro atoms. The summed E-state index contributed by atoms with van der Waals surface area (Å²) in [6.45, 7) is 0. The minimum Gasteiger partial charge on any atom is -0.357 e. The summed E-state index contributed by atoms with van der Waals surface area (Å²) in [6.07, 6.45) is 1.13. The fourth-order valence-corrected chi connectivity index (χ4v) is 7.03. The average Bonchev–Trinajstić information content (AvgIpc) is 3.87. The Balaban J connectivity index is 0.000000280. The first kappa shape index (κ1) is 33.2. The maximum atomic E-state index is 11.3. The van der Waals surface area contributed by atoms with E-state index >= 15 is 0 Å². The summed E-state index contributed by atoms with van der Waals surface area (Å²) in [5.41, 5.74) is 5.78. The van der Waals surface area contributed by atoms with Gasteiger partial charge < -0.3 is 29.9 Å². The van der Waals surface area contributed by atoms with Gasteiger partial charge in [0.25, 0.3) is 0 Å². The molecule has 3 aromatic heterocycles. The third-order valence-corrected chi connectivity index (χ3v) is 10.1. The molecule has 1 radical (unpaired) electrons. The molecule has 0 atom stereocenters. The van der Waals surface area contributed by atoms with Crippen LogP contribution < -0.4 is 15.1 Å². The van der Waals surface area contributed by atoms with Crippen LogP contribution in [-0.2, 0) is 26.6 Å². The van der Waals surface area contributed by atoms with E-state index < -0.39 is 9.53 Å². The summed E-state index contributed by atoms with van der Waals surface area (Å²) in [5.74, 6) is 2.21. The smallest absolute Gasteiger partial charge is 0.357 e. The standard InChI is InChI=1S/C32H16N8.C7H11NO2S.Cu/c1-2-10-18-17(9-1)25-33-26(18)38-28-21-13-5-6-14-22(21)30(35-28)40-32-24-16-8-7-15-23(24)31(36-32)39-29-20-12-4-3-11-19(20)27(34-29)37-25;1-11(8,9,10)7-5-3-2-4-6-7;/h1-16H;2-6H,1H3,(H3,8,9,10);/q-2;;+2. The molecule has 5 heterocycles. The van der Waals surface area contributed by atoms with Crippen molar-refractivity contribution in [2.45, 2.75) is 4.90 Å². The number of fused-ring (bicyclic) bond motifs is 20. The molecule has 0 fully saturated rings. The normalized spacial score (nSPS) is 12.5. The van der Waals surface area contributed by atoms with E-state index in [2.05, 4.69) is 0 Å². The summed E-state index contributed by atoms with van der Waals surface area (Å²) in [6, 6.07) is 40.0. The van der Waals surface area contributed by atoms with Crippen molar-refractivity contribution < 1.29 is 25.8 Å². The van der Waals surface area contributed by atoms with Crippen LogP contribution in [0, 0.1) is 0 Å². The molecule has 0 amide bonds. The van der Waals surface area contributed by atoms with Gasteiger partial charge in [0.15, 0.2) is 0 Å². The van der Waals surface area contributed by atoms with Crippen LogP contribution in [0.4, 0.5) is 0 Å². The van der Waals surface area contributed by atoms with Crippen LogP contribution in [0.25, 0.3) is 89.7 Å². The number of nitrogens with two attached hydrogens (primary N) is 1. The van der Waals surface area contributed by atoms with Gasteiger partial charge in [-0.25, -0.2) is 15.1 Å². The molecule has 8 aromatic rings. The largest absolute Gasteiger partial charge is 2.00 e. The van der Waals surface area contributed by atoms with Crippen LogP contribution in [0.1, 0.15) is 0 Å². The first-order valence-corrected chi connectivity index (χ1v) is 18.4. The molecule has 0 unspecified atom stereocenters. The van der Waals surface area contributed by atoms with Gasteiger partial charge in [0.05, 0.1) is 28.2 Å². The molecule has 3 N–H and O–H groups in total. The molecule has 52 heavy (non-hydrogen) atoms. The summed E-state index contributed by atoms with van der Waals surface area (Å²) in [4.78, 5) is 39.5. The number of rotatable bonds is 1. The minimum atomic E-state index is -4.01. The quantitative estimate of drug-likeness (QED) is 0.167. The molecule has 5 aromatic carbocycles. The Hall–Kier alpha value is -5.95. The van der Waals surface area contributed by atoms with Gasteiger partial charge in [-0.15, -0.1) is 9.53 Å². The SMILES string of the molecule is CS(N)(=O)(O)c1ccccc1.[Cu+2].c1ccc2c(c1)-c1nc-2nc2[n-]c(nc3nc(nc4[n-]c(n1)c1ccccc41)-c1ccccc1-3)c1ccccc21. The summed E-state index contributed by atoms with van der Waals surface area (Å²) >= 11 is 0. The third kappa shape index (κ3) is 5.86. The Morgan fingerprint density at radius 1 is 0.462 bits per heavy atom. The topological polar surface area (TPSA) is 169 Å². The van der Waals surface area contributed by atoms with Gasteiger partial charge >= 0.3 is 17.1 Å². The van der Waals surface area contributed by atoms with Gasteiger partial charge in [-0.1, -0.05) is 115 Å². The fraction of sp³-hybridized carbons (Fsp3) is 0.0256. The number of nitrogens with zero attached hydrogens (tertiary/aromatic N) is 8. The predicted octanol–water partition coefficient (Wildman–Crippen LogP) is 6.97. The molecule has 2 aliphatic heterocycles. The molecule has 0 saturated heterocycles. The van der Waals surface area contributed by atoms with E-state index in [-0.39, 0.29) is 22.0 Å². The molecule has 13 heteroatoms. The Kier molecular flexibility index (Phi) is 7.90. The third-order valence-electron chi connectivity index (χ3n) is 8.65. The van der Waals surface area contributed by atoms with Crippen molar-refractivity contribution >= 4 is 53.7 Å². The molecule has 257 valence electrons. The number of hydrogen-bond acceptors (Lipinski definition) is 7. The Bertz CT molecular complexity index is 2610. The predicted molar refractivity (Wildman–Crippen MR) is 200 cm³/mol. The maximum absolute atomic E-state index is 11.3. The zero-order valence-corrected chi connectivity index (χ0v) is 29.1. The van der Waals surface area contributed by atoms with E-state index in [0.29, 0.717) is 45.9 Å². The second-order valence-electron chi connectivity index (χ2n) is 12.3. The molecule has 0 saturated carbocycles. The number of benzene rings is 5. The summed E-state index contributed by atoms with van der Waals surface area (Å²) in [5, 5.41) is 8.78. The molecular weight excluding hydrogens is 722 g/mol. The van der Waals surface area contributed by atoms with Gasteiger partial charge in [0.2, 0.25) is 0 Å². The van der Waals surface area contributed by atoms with Crippen molar-refractivity contribution in [1.82, 2.24) is 39.9 Å². The fourth-order valence-electron chi connectivity index (χ4n) is 6.21. The first-order chi connectivity index (χ1) is 24.7. The van der Waals surface area contributed by atoms with Gasteiger partial charge in [0.1, 0.15) is 0 Å². The van der Waals surface area contributed by atoms with Crippen molar-refractivity contribution in [3.63, 3.8) is 0 Å². The van der Waals surface area contributed by atoms with E-state index in [1.165, 1.54) is 12.1 Å². The Morgan fingerprint density at radius 3 is 1.00 bits per heavy atom. The average molecular weight is 749 g/mol. The second kappa shape index (κ2) is 12.4. The second-order valence-corrected chi connectivity index (χ2v) is 15.5. The van der Waals surface area contributed by atoms with Gasteiger partial charge in [-0.3, -0.25) is 4.55 Å². The number of hydrogen-bond donors (Lipinski definition) is 2. The van der Waals surface area contributed by atoms with Gasteiger partial charge in [-0.2, -0.15) is 4.21 Å². The van der Waals surface area contributed by atoms with Crippen LogP contribution in [0.15, 0.2) is 132 Å². The molecule has 2 aliphatic rings. The van der Waals surface area contributed by atoms with Crippen molar-refractivity contribution in [2.75, 3.05) is 6.26 Å². The molecular formula is C39H27CuN9O2S. The van der Waals surface area contributed by atoms with E-state index in [9.17, 15) is 8.76 Å². The zero-order chi connectivity index (χ0) is 34.8. The van der Waals surface area contributed by atoms with Crippen molar-refractivity contribution in [2.24, 2.45) is 5.14 Å². The first-order valence-electron chi connectivity index (χ1n) is 16.0. The van der Waals surface area contributed by atoms with Crippen LogP contribution in [0.2, 0.25) is 0 Å². The van der Waals surface area contributed by atoms with E-state index in [1.54, 1.807) is 18.2 Å². The van der Waals surface area contributed by atoms with E-state index in [4.69, 9.17) is 45.0 Å².